The van der Waals surface area contributed by atoms with E-state index in [4.69, 9.17) is 0 Å². The summed E-state index contributed by atoms with van der Waals surface area (Å²) in [5.74, 6) is -0.285. The summed E-state index contributed by atoms with van der Waals surface area (Å²) in [6.07, 6.45) is 0. The summed E-state index contributed by atoms with van der Waals surface area (Å²) >= 11 is 4.64. The van der Waals surface area contributed by atoms with Gasteiger partial charge in [0.1, 0.15) is 0 Å². The maximum atomic E-state index is 13.0. The van der Waals surface area contributed by atoms with E-state index in [1.807, 2.05) is 36.4 Å². The van der Waals surface area contributed by atoms with Gasteiger partial charge in [-0.1, -0.05) is 48.5 Å². The summed E-state index contributed by atoms with van der Waals surface area (Å²) in [5, 5.41) is 1.08. The zero-order chi connectivity index (χ0) is 17.8. The Morgan fingerprint density at radius 3 is 2.12 bits per heavy atom. The lowest BCUT2D eigenvalue weighted by Gasteiger charge is -2.20. The fourth-order valence-corrected chi connectivity index (χ4v) is 4.02. The van der Waals surface area contributed by atoms with E-state index in [1.165, 1.54) is 0 Å². The number of hydrogen-bond donors (Lipinski definition) is 2. The van der Waals surface area contributed by atoms with Crippen molar-refractivity contribution in [2.75, 3.05) is 0 Å². The third kappa shape index (κ3) is 2.02. The van der Waals surface area contributed by atoms with E-state index in [-0.39, 0.29) is 11.6 Å². The molecular formula is C22H13NO2S. The normalized spacial score (nSPS) is 13.0. The molecule has 1 N–H and O–H groups in total. The molecule has 0 unspecified atom stereocenters. The van der Waals surface area contributed by atoms with Crippen LogP contribution < -0.4 is 0 Å². The van der Waals surface area contributed by atoms with Gasteiger partial charge in [0.25, 0.3) is 0 Å². The van der Waals surface area contributed by atoms with Crippen molar-refractivity contribution in [3.05, 3.63) is 89.0 Å². The molecule has 1 aliphatic carbocycles. The van der Waals surface area contributed by atoms with E-state index in [9.17, 15) is 9.59 Å². The number of carbonyl (C=O) groups excluding carboxylic acids is 2. The lowest BCUT2D eigenvalue weighted by Crippen LogP contribution is -2.21. The number of nitrogens with one attached hydrogen (secondary N) is 1. The second-order valence-corrected chi connectivity index (χ2v) is 6.81. The number of thiol groups is 1. The quantitative estimate of drug-likeness (QED) is 0.420. The molecule has 0 atom stereocenters. The summed E-state index contributed by atoms with van der Waals surface area (Å²) in [4.78, 5) is 29.7. The van der Waals surface area contributed by atoms with Gasteiger partial charge in [-0.15, -0.1) is 12.6 Å². The van der Waals surface area contributed by atoms with Crippen molar-refractivity contribution in [1.82, 2.24) is 4.98 Å². The number of para-hydroxylation sites is 1. The number of fused-ring (bicyclic) bond motifs is 3. The smallest absolute Gasteiger partial charge is 0.195 e. The third-order valence-electron chi connectivity index (χ3n) is 4.89. The van der Waals surface area contributed by atoms with Gasteiger partial charge in [-0.05, 0) is 18.2 Å². The molecule has 124 valence electrons. The van der Waals surface area contributed by atoms with Gasteiger partial charge < -0.3 is 4.98 Å². The molecule has 0 saturated carbocycles. The summed E-state index contributed by atoms with van der Waals surface area (Å²) in [6.45, 7) is 0. The van der Waals surface area contributed by atoms with Gasteiger partial charge in [-0.2, -0.15) is 0 Å². The standard InChI is InChI=1S/C22H13NO2S/c24-20-13-6-2-3-7-14(13)21(25)19-16(20)10-9-15(22(19)26)18-11-12-5-1-4-8-17(12)23-18/h1-11,23,26H. The number of rotatable bonds is 1. The zero-order valence-electron chi connectivity index (χ0n) is 13.6. The molecule has 1 aliphatic rings. The lowest BCUT2D eigenvalue weighted by atomic mass is 9.83. The van der Waals surface area contributed by atoms with Gasteiger partial charge in [0.15, 0.2) is 11.6 Å². The molecule has 0 amide bonds. The van der Waals surface area contributed by atoms with Gasteiger partial charge >= 0.3 is 0 Å². The minimum absolute atomic E-state index is 0.131. The molecule has 26 heavy (non-hydrogen) atoms. The number of carbonyl (C=O) groups is 2. The van der Waals surface area contributed by atoms with Gasteiger partial charge in [-0.3, -0.25) is 9.59 Å². The first kappa shape index (κ1) is 15.2. The number of hydrogen-bond acceptors (Lipinski definition) is 3. The molecule has 4 aromatic rings. The van der Waals surface area contributed by atoms with Gasteiger partial charge in [0.05, 0.1) is 0 Å². The molecule has 4 heteroatoms. The number of ketones is 2. The Morgan fingerprint density at radius 2 is 1.35 bits per heavy atom. The van der Waals surface area contributed by atoms with Crippen LogP contribution >= 0.6 is 12.6 Å². The Hall–Kier alpha value is -3.11. The van der Waals surface area contributed by atoms with Crippen molar-refractivity contribution in [3.8, 4) is 11.3 Å². The summed E-state index contributed by atoms with van der Waals surface area (Å²) in [6, 6.07) is 20.5. The van der Waals surface area contributed by atoms with Crippen molar-refractivity contribution in [2.45, 2.75) is 4.90 Å². The highest BCUT2D eigenvalue weighted by Gasteiger charge is 2.32. The second kappa shape index (κ2) is 5.44. The van der Waals surface area contributed by atoms with E-state index in [0.717, 1.165) is 22.2 Å². The largest absolute Gasteiger partial charge is 0.354 e. The first-order valence-electron chi connectivity index (χ1n) is 8.27. The van der Waals surface area contributed by atoms with Crippen LogP contribution in [-0.2, 0) is 0 Å². The molecule has 0 aliphatic heterocycles. The highest BCUT2D eigenvalue weighted by Crippen LogP contribution is 2.37. The van der Waals surface area contributed by atoms with Gasteiger partial charge in [0.2, 0.25) is 0 Å². The van der Waals surface area contributed by atoms with Crippen LogP contribution in [0.5, 0.6) is 0 Å². The first-order chi connectivity index (χ1) is 12.6. The average Bonchev–Trinajstić information content (AvgIpc) is 3.09. The molecule has 0 bridgehead atoms. The number of benzene rings is 3. The van der Waals surface area contributed by atoms with Crippen molar-refractivity contribution in [3.63, 3.8) is 0 Å². The molecule has 5 rings (SSSR count). The summed E-state index contributed by atoms with van der Waals surface area (Å²) < 4.78 is 0. The van der Waals surface area contributed by atoms with Crippen molar-refractivity contribution < 1.29 is 9.59 Å². The molecule has 0 saturated heterocycles. The summed E-state index contributed by atoms with van der Waals surface area (Å²) in [5.41, 5.74) is 4.39. The van der Waals surface area contributed by atoms with Crippen LogP contribution in [-0.4, -0.2) is 16.6 Å². The Morgan fingerprint density at radius 1 is 0.692 bits per heavy atom. The maximum absolute atomic E-state index is 13.0. The summed E-state index contributed by atoms with van der Waals surface area (Å²) in [7, 11) is 0. The minimum Gasteiger partial charge on any atom is -0.354 e. The van der Waals surface area contributed by atoms with Crippen LogP contribution in [0.1, 0.15) is 31.8 Å². The Balaban J connectivity index is 1.74. The second-order valence-electron chi connectivity index (χ2n) is 6.36. The Bertz CT molecular complexity index is 1200. The number of H-pyrrole nitrogens is 1. The molecular weight excluding hydrogens is 342 g/mol. The number of aromatic amines is 1. The fraction of sp³-hybridized carbons (Fsp3) is 0. The lowest BCUT2D eigenvalue weighted by molar-refractivity contribution is 0.0977. The topological polar surface area (TPSA) is 49.9 Å². The van der Waals surface area contributed by atoms with E-state index in [2.05, 4.69) is 17.6 Å². The molecule has 0 fully saturated rings. The highest BCUT2D eigenvalue weighted by atomic mass is 32.1. The van der Waals surface area contributed by atoms with Crippen molar-refractivity contribution >= 4 is 35.1 Å². The molecule has 1 heterocycles. The van der Waals surface area contributed by atoms with Crippen molar-refractivity contribution in [2.24, 2.45) is 0 Å². The van der Waals surface area contributed by atoms with Gasteiger partial charge in [-0.25, -0.2) is 0 Å². The predicted octanol–water partition coefficient (Wildman–Crippen LogP) is 4.90. The number of aromatic nitrogens is 1. The van der Waals surface area contributed by atoms with Crippen LogP contribution in [0.4, 0.5) is 0 Å². The molecule has 3 aromatic carbocycles. The maximum Gasteiger partial charge on any atom is 0.195 e. The van der Waals surface area contributed by atoms with E-state index in [0.29, 0.717) is 27.1 Å². The van der Waals surface area contributed by atoms with Crippen LogP contribution in [0.25, 0.3) is 22.2 Å². The molecule has 3 nitrogen and oxygen atoms in total. The van der Waals surface area contributed by atoms with Crippen LogP contribution in [0, 0.1) is 0 Å². The Labute approximate surface area is 155 Å². The van der Waals surface area contributed by atoms with E-state index in [1.54, 1.807) is 30.3 Å². The monoisotopic (exact) mass is 355 g/mol. The van der Waals surface area contributed by atoms with E-state index < -0.39 is 0 Å². The van der Waals surface area contributed by atoms with Gasteiger partial charge in [0, 0.05) is 49.3 Å². The van der Waals surface area contributed by atoms with Crippen LogP contribution in [0.3, 0.4) is 0 Å². The highest BCUT2D eigenvalue weighted by molar-refractivity contribution is 7.80. The van der Waals surface area contributed by atoms with Crippen LogP contribution in [0.15, 0.2) is 71.6 Å². The van der Waals surface area contributed by atoms with Crippen molar-refractivity contribution in [1.29, 1.82) is 0 Å². The Kier molecular flexibility index (Phi) is 3.18. The first-order valence-corrected chi connectivity index (χ1v) is 8.72. The fourth-order valence-electron chi connectivity index (χ4n) is 3.60. The molecule has 1 aromatic heterocycles. The zero-order valence-corrected chi connectivity index (χ0v) is 14.5. The third-order valence-corrected chi connectivity index (χ3v) is 5.35. The average molecular weight is 355 g/mol. The molecule has 0 radical (unpaired) electrons. The van der Waals surface area contributed by atoms with Crippen LogP contribution in [0.2, 0.25) is 0 Å². The molecule has 0 spiro atoms. The minimum atomic E-state index is -0.154. The predicted molar refractivity (Wildman–Crippen MR) is 104 cm³/mol. The SMILES string of the molecule is O=C1c2ccccc2C(=O)c2c1ccc(-c1cc3ccccc3[nH]1)c2S. The van der Waals surface area contributed by atoms with E-state index >= 15 is 0 Å².